The lowest BCUT2D eigenvalue weighted by Gasteiger charge is -2.17. The molecule has 1 atom stereocenters. The van der Waals surface area contributed by atoms with Gasteiger partial charge in [-0.3, -0.25) is 0 Å². The minimum absolute atomic E-state index is 0.149. The number of ether oxygens (including phenoxy) is 1. The standard InChI is InChI=1S/C16H23ClO/c1-11-8-14(9-12(2)16(11)18-3)15(17)10-13-6-4-5-7-13/h8-9,13,15H,4-7,10H2,1-3H3. The third kappa shape index (κ3) is 3.00. The highest BCUT2D eigenvalue weighted by Crippen LogP contribution is 2.38. The van der Waals surface area contributed by atoms with Crippen molar-refractivity contribution in [2.24, 2.45) is 5.92 Å². The van der Waals surface area contributed by atoms with E-state index in [1.807, 2.05) is 0 Å². The van der Waals surface area contributed by atoms with Crippen molar-refractivity contribution in [3.05, 3.63) is 28.8 Å². The Labute approximate surface area is 115 Å². The first-order valence-corrected chi connectivity index (χ1v) is 7.34. The lowest BCUT2D eigenvalue weighted by molar-refractivity contribution is 0.408. The van der Waals surface area contributed by atoms with Crippen molar-refractivity contribution in [1.82, 2.24) is 0 Å². The Hall–Kier alpha value is -0.690. The molecule has 1 fully saturated rings. The van der Waals surface area contributed by atoms with Crippen molar-refractivity contribution < 1.29 is 4.74 Å². The topological polar surface area (TPSA) is 9.23 Å². The summed E-state index contributed by atoms with van der Waals surface area (Å²) in [6.07, 6.45) is 6.60. The van der Waals surface area contributed by atoms with Gasteiger partial charge in [-0.05, 0) is 42.9 Å². The van der Waals surface area contributed by atoms with E-state index in [0.717, 1.165) is 18.1 Å². The van der Waals surface area contributed by atoms with Gasteiger partial charge >= 0.3 is 0 Å². The molecule has 1 aromatic carbocycles. The predicted octanol–water partition coefficient (Wildman–Crippen LogP) is 5.17. The maximum atomic E-state index is 6.58. The lowest BCUT2D eigenvalue weighted by Crippen LogP contribution is -2.01. The molecule has 2 heteroatoms. The molecule has 2 rings (SSSR count). The molecule has 0 saturated heterocycles. The fourth-order valence-electron chi connectivity index (χ4n) is 3.16. The van der Waals surface area contributed by atoms with Gasteiger partial charge in [0, 0.05) is 0 Å². The second-order valence-corrected chi connectivity index (χ2v) is 6.07. The van der Waals surface area contributed by atoms with Crippen LogP contribution in [0.4, 0.5) is 0 Å². The van der Waals surface area contributed by atoms with Crippen LogP contribution in [0.15, 0.2) is 12.1 Å². The quantitative estimate of drug-likeness (QED) is 0.683. The molecular formula is C16H23ClO. The Kier molecular flexibility index (Phi) is 4.55. The van der Waals surface area contributed by atoms with Gasteiger partial charge < -0.3 is 4.74 Å². The summed E-state index contributed by atoms with van der Waals surface area (Å²) in [6.45, 7) is 4.18. The highest BCUT2D eigenvalue weighted by atomic mass is 35.5. The molecular weight excluding hydrogens is 244 g/mol. The Morgan fingerprint density at radius 3 is 2.28 bits per heavy atom. The van der Waals surface area contributed by atoms with E-state index in [2.05, 4.69) is 26.0 Å². The third-order valence-electron chi connectivity index (χ3n) is 4.06. The van der Waals surface area contributed by atoms with Crippen LogP contribution >= 0.6 is 11.6 Å². The first-order chi connectivity index (χ1) is 8.61. The minimum atomic E-state index is 0.149. The highest BCUT2D eigenvalue weighted by molar-refractivity contribution is 6.20. The molecule has 100 valence electrons. The summed E-state index contributed by atoms with van der Waals surface area (Å²) in [7, 11) is 1.73. The van der Waals surface area contributed by atoms with Gasteiger partial charge in [-0.2, -0.15) is 0 Å². The molecule has 1 unspecified atom stereocenters. The van der Waals surface area contributed by atoms with Crippen molar-refractivity contribution in [1.29, 1.82) is 0 Å². The zero-order valence-electron chi connectivity index (χ0n) is 11.6. The minimum Gasteiger partial charge on any atom is -0.496 e. The molecule has 0 amide bonds. The Morgan fingerprint density at radius 2 is 1.78 bits per heavy atom. The van der Waals surface area contributed by atoms with Crippen molar-refractivity contribution in [2.45, 2.75) is 51.3 Å². The summed E-state index contributed by atoms with van der Waals surface area (Å²) in [4.78, 5) is 0. The summed E-state index contributed by atoms with van der Waals surface area (Å²) in [6, 6.07) is 4.36. The number of rotatable bonds is 4. The lowest BCUT2D eigenvalue weighted by atomic mass is 9.95. The number of aryl methyl sites for hydroxylation is 2. The molecule has 18 heavy (non-hydrogen) atoms. The second kappa shape index (κ2) is 5.97. The molecule has 1 saturated carbocycles. The van der Waals surface area contributed by atoms with Crippen LogP contribution in [-0.2, 0) is 0 Å². The first-order valence-electron chi connectivity index (χ1n) is 6.91. The number of hydrogen-bond acceptors (Lipinski definition) is 1. The number of halogens is 1. The largest absolute Gasteiger partial charge is 0.496 e. The molecule has 0 N–H and O–H groups in total. The third-order valence-corrected chi connectivity index (χ3v) is 4.49. The first kappa shape index (κ1) is 13.7. The van der Waals surface area contributed by atoms with E-state index in [-0.39, 0.29) is 5.38 Å². The monoisotopic (exact) mass is 266 g/mol. The van der Waals surface area contributed by atoms with E-state index in [1.54, 1.807) is 7.11 Å². The number of benzene rings is 1. The maximum absolute atomic E-state index is 6.58. The van der Waals surface area contributed by atoms with Crippen LogP contribution in [0.3, 0.4) is 0 Å². The van der Waals surface area contributed by atoms with Crippen molar-refractivity contribution in [2.75, 3.05) is 7.11 Å². The Morgan fingerprint density at radius 1 is 1.22 bits per heavy atom. The van der Waals surface area contributed by atoms with E-state index < -0.39 is 0 Å². The van der Waals surface area contributed by atoms with Crippen LogP contribution in [0.2, 0.25) is 0 Å². The molecule has 1 aromatic rings. The summed E-state index contributed by atoms with van der Waals surface area (Å²) in [5.41, 5.74) is 3.62. The van der Waals surface area contributed by atoms with Gasteiger partial charge in [-0.1, -0.05) is 37.8 Å². The van der Waals surface area contributed by atoms with E-state index in [1.165, 1.54) is 42.4 Å². The number of alkyl halides is 1. The van der Waals surface area contributed by atoms with Gasteiger partial charge in [0.05, 0.1) is 12.5 Å². The zero-order chi connectivity index (χ0) is 13.1. The van der Waals surface area contributed by atoms with Crippen LogP contribution in [0.25, 0.3) is 0 Å². The molecule has 0 aromatic heterocycles. The van der Waals surface area contributed by atoms with Crippen LogP contribution < -0.4 is 4.74 Å². The Bertz CT molecular complexity index is 385. The number of methoxy groups -OCH3 is 1. The fraction of sp³-hybridized carbons (Fsp3) is 0.625. The predicted molar refractivity (Wildman–Crippen MR) is 77.6 cm³/mol. The molecule has 0 radical (unpaired) electrons. The van der Waals surface area contributed by atoms with Crippen LogP contribution in [0, 0.1) is 19.8 Å². The van der Waals surface area contributed by atoms with Crippen molar-refractivity contribution in [3.8, 4) is 5.75 Å². The molecule has 0 aliphatic heterocycles. The summed E-state index contributed by atoms with van der Waals surface area (Å²) < 4.78 is 5.40. The second-order valence-electron chi connectivity index (χ2n) is 5.54. The smallest absolute Gasteiger partial charge is 0.124 e. The molecule has 0 spiro atoms. The summed E-state index contributed by atoms with van der Waals surface area (Å²) in [5.74, 6) is 1.82. The average Bonchev–Trinajstić information content (AvgIpc) is 2.81. The van der Waals surface area contributed by atoms with Crippen LogP contribution in [0.1, 0.15) is 54.2 Å². The molecule has 1 aliphatic carbocycles. The van der Waals surface area contributed by atoms with Gasteiger partial charge in [0.25, 0.3) is 0 Å². The molecule has 0 heterocycles. The molecule has 0 bridgehead atoms. The van der Waals surface area contributed by atoms with Crippen molar-refractivity contribution >= 4 is 11.6 Å². The maximum Gasteiger partial charge on any atom is 0.124 e. The summed E-state index contributed by atoms with van der Waals surface area (Å²) >= 11 is 6.58. The van der Waals surface area contributed by atoms with Crippen LogP contribution in [-0.4, -0.2) is 7.11 Å². The van der Waals surface area contributed by atoms with Gasteiger partial charge in [0.1, 0.15) is 5.75 Å². The van der Waals surface area contributed by atoms with E-state index in [9.17, 15) is 0 Å². The van der Waals surface area contributed by atoms with E-state index in [0.29, 0.717) is 0 Å². The van der Waals surface area contributed by atoms with Gasteiger partial charge in [0.2, 0.25) is 0 Å². The van der Waals surface area contributed by atoms with E-state index in [4.69, 9.17) is 16.3 Å². The highest BCUT2D eigenvalue weighted by Gasteiger charge is 2.20. The van der Waals surface area contributed by atoms with E-state index >= 15 is 0 Å². The normalized spacial score (nSPS) is 18.0. The fourth-order valence-corrected chi connectivity index (χ4v) is 3.54. The van der Waals surface area contributed by atoms with Crippen LogP contribution in [0.5, 0.6) is 5.75 Å². The molecule has 1 aliphatic rings. The number of hydrogen-bond donors (Lipinski definition) is 0. The Balaban J connectivity index is 2.12. The average molecular weight is 267 g/mol. The zero-order valence-corrected chi connectivity index (χ0v) is 12.4. The van der Waals surface area contributed by atoms with Gasteiger partial charge in [-0.15, -0.1) is 11.6 Å². The summed E-state index contributed by atoms with van der Waals surface area (Å²) in [5, 5.41) is 0.149. The molecule has 1 nitrogen and oxygen atoms in total. The van der Waals surface area contributed by atoms with Crippen molar-refractivity contribution in [3.63, 3.8) is 0 Å². The van der Waals surface area contributed by atoms with Gasteiger partial charge in [-0.25, -0.2) is 0 Å². The van der Waals surface area contributed by atoms with Gasteiger partial charge in [0.15, 0.2) is 0 Å². The SMILES string of the molecule is COc1c(C)cc(C(Cl)CC2CCCC2)cc1C.